The lowest BCUT2D eigenvalue weighted by Gasteiger charge is -2.35. The van der Waals surface area contributed by atoms with Gasteiger partial charge in [-0.3, -0.25) is 14.7 Å². The Morgan fingerprint density at radius 1 is 1.35 bits per heavy atom. The summed E-state index contributed by atoms with van der Waals surface area (Å²) in [6.07, 6.45) is -1.16. The van der Waals surface area contributed by atoms with Crippen LogP contribution < -0.4 is 10.6 Å². The number of nitrogens with zero attached hydrogens (tertiary/aromatic N) is 2. The average molecular weight is 348 g/mol. The van der Waals surface area contributed by atoms with Gasteiger partial charge in [0.2, 0.25) is 5.91 Å². The number of carbonyl (C=O) groups is 1. The molecule has 0 bridgehead atoms. The SMILES string of the molecule is O=C(CSc1ccncc1)NCC(N1CCNCC1)C(F)(F)F. The highest BCUT2D eigenvalue weighted by Gasteiger charge is 2.43. The van der Waals surface area contributed by atoms with Crippen LogP contribution in [0.1, 0.15) is 0 Å². The molecule has 1 aliphatic rings. The highest BCUT2D eigenvalue weighted by atomic mass is 32.2. The second-order valence-corrected chi connectivity index (χ2v) is 6.17. The Labute approximate surface area is 137 Å². The Morgan fingerprint density at radius 2 is 2.00 bits per heavy atom. The van der Waals surface area contributed by atoms with Crippen LogP contribution in [0.3, 0.4) is 0 Å². The molecular weight excluding hydrogens is 329 g/mol. The number of halogens is 3. The molecule has 2 N–H and O–H groups in total. The van der Waals surface area contributed by atoms with E-state index in [1.54, 1.807) is 24.5 Å². The van der Waals surface area contributed by atoms with Gasteiger partial charge in [-0.1, -0.05) is 0 Å². The fourth-order valence-electron chi connectivity index (χ4n) is 2.29. The van der Waals surface area contributed by atoms with Crippen LogP contribution >= 0.6 is 11.8 Å². The molecule has 2 heterocycles. The Morgan fingerprint density at radius 3 is 2.61 bits per heavy atom. The van der Waals surface area contributed by atoms with Crippen LogP contribution in [0.5, 0.6) is 0 Å². The minimum atomic E-state index is -4.36. The van der Waals surface area contributed by atoms with Gasteiger partial charge in [-0.05, 0) is 12.1 Å². The number of carbonyl (C=O) groups excluding carboxylic acids is 1. The third-order valence-corrected chi connectivity index (χ3v) is 4.49. The molecule has 1 aromatic rings. The average Bonchev–Trinajstić information content (AvgIpc) is 2.54. The van der Waals surface area contributed by atoms with Crippen LogP contribution in [-0.4, -0.2) is 66.5 Å². The third kappa shape index (κ3) is 6.00. The highest BCUT2D eigenvalue weighted by Crippen LogP contribution is 2.25. The second kappa shape index (κ2) is 8.51. The minimum absolute atomic E-state index is 0.0795. The van der Waals surface area contributed by atoms with E-state index in [9.17, 15) is 18.0 Å². The standard InChI is InChI=1S/C14H19F3N4OS/c15-14(16,17)12(21-7-5-19-6-8-21)9-20-13(22)10-23-11-1-3-18-4-2-11/h1-4,12,19H,5-10H2,(H,20,22). The molecule has 0 aromatic carbocycles. The number of amides is 1. The Balaban J connectivity index is 1.81. The van der Waals surface area contributed by atoms with E-state index in [1.807, 2.05) is 0 Å². The smallest absolute Gasteiger partial charge is 0.353 e. The van der Waals surface area contributed by atoms with Crippen molar-refractivity contribution >= 4 is 17.7 Å². The maximum Gasteiger partial charge on any atom is 0.405 e. The first kappa shape index (κ1) is 18.0. The summed E-state index contributed by atoms with van der Waals surface area (Å²) in [6, 6.07) is 1.86. The molecule has 2 rings (SSSR count). The van der Waals surface area contributed by atoms with Gasteiger partial charge in [0.25, 0.3) is 0 Å². The third-order valence-electron chi connectivity index (χ3n) is 3.48. The van der Waals surface area contributed by atoms with Gasteiger partial charge in [0.1, 0.15) is 6.04 Å². The van der Waals surface area contributed by atoms with Gasteiger partial charge >= 0.3 is 6.18 Å². The number of alkyl halides is 3. The fraction of sp³-hybridized carbons (Fsp3) is 0.571. The number of thioether (sulfide) groups is 1. The van der Waals surface area contributed by atoms with Crippen molar-refractivity contribution in [3.63, 3.8) is 0 Å². The van der Waals surface area contributed by atoms with Gasteiger partial charge in [0, 0.05) is 50.0 Å². The molecule has 0 saturated carbocycles. The van der Waals surface area contributed by atoms with Crippen LogP contribution in [-0.2, 0) is 4.79 Å². The van der Waals surface area contributed by atoms with Gasteiger partial charge in [-0.2, -0.15) is 13.2 Å². The summed E-state index contributed by atoms with van der Waals surface area (Å²) in [5, 5.41) is 5.42. The van der Waals surface area contributed by atoms with Crippen molar-refractivity contribution < 1.29 is 18.0 Å². The van der Waals surface area contributed by atoms with E-state index < -0.39 is 24.7 Å². The van der Waals surface area contributed by atoms with E-state index in [2.05, 4.69) is 15.6 Å². The second-order valence-electron chi connectivity index (χ2n) is 5.12. The minimum Gasteiger partial charge on any atom is -0.353 e. The van der Waals surface area contributed by atoms with Crippen LogP contribution in [0.2, 0.25) is 0 Å². The van der Waals surface area contributed by atoms with E-state index >= 15 is 0 Å². The maximum absolute atomic E-state index is 13.2. The van der Waals surface area contributed by atoms with Gasteiger partial charge in [0.05, 0.1) is 5.75 Å². The van der Waals surface area contributed by atoms with Crippen molar-refractivity contribution in [3.8, 4) is 0 Å². The van der Waals surface area contributed by atoms with Crippen molar-refractivity contribution in [2.24, 2.45) is 0 Å². The summed E-state index contributed by atoms with van der Waals surface area (Å²) in [5.74, 6) is -0.327. The summed E-state index contributed by atoms with van der Waals surface area (Å²) < 4.78 is 39.5. The van der Waals surface area contributed by atoms with Crippen molar-refractivity contribution in [2.75, 3.05) is 38.5 Å². The predicted octanol–water partition coefficient (Wildman–Crippen LogP) is 1.13. The molecule has 0 aliphatic carbocycles. The van der Waals surface area contributed by atoms with Crippen LogP contribution in [0.4, 0.5) is 13.2 Å². The molecule has 1 amide bonds. The summed E-state index contributed by atoms with van der Waals surface area (Å²) in [4.78, 5) is 17.9. The van der Waals surface area contributed by atoms with Gasteiger partial charge in [-0.15, -0.1) is 11.8 Å². The molecule has 9 heteroatoms. The van der Waals surface area contributed by atoms with Crippen LogP contribution in [0.25, 0.3) is 0 Å². The van der Waals surface area contributed by atoms with E-state index in [0.29, 0.717) is 26.2 Å². The lowest BCUT2D eigenvalue weighted by Crippen LogP contribution is -2.57. The monoisotopic (exact) mass is 348 g/mol. The number of hydrogen-bond acceptors (Lipinski definition) is 5. The van der Waals surface area contributed by atoms with Crippen molar-refractivity contribution in [2.45, 2.75) is 17.1 Å². The van der Waals surface area contributed by atoms with E-state index in [4.69, 9.17) is 0 Å². The Hall–Kier alpha value is -1.32. The largest absolute Gasteiger partial charge is 0.405 e. The fourth-order valence-corrected chi connectivity index (χ4v) is 3.00. The van der Waals surface area contributed by atoms with Crippen molar-refractivity contribution in [1.29, 1.82) is 0 Å². The summed E-state index contributed by atoms with van der Waals surface area (Å²) >= 11 is 1.27. The summed E-state index contributed by atoms with van der Waals surface area (Å²) in [6.45, 7) is 1.29. The summed E-state index contributed by atoms with van der Waals surface area (Å²) in [5.41, 5.74) is 0. The number of aromatic nitrogens is 1. The van der Waals surface area contributed by atoms with E-state index in [1.165, 1.54) is 16.7 Å². The highest BCUT2D eigenvalue weighted by molar-refractivity contribution is 8.00. The number of piperazine rings is 1. The van der Waals surface area contributed by atoms with Gasteiger partial charge < -0.3 is 10.6 Å². The maximum atomic E-state index is 13.2. The predicted molar refractivity (Wildman–Crippen MR) is 82.3 cm³/mol. The molecule has 1 atom stereocenters. The molecule has 1 fully saturated rings. The molecule has 1 unspecified atom stereocenters. The molecular formula is C14H19F3N4OS. The van der Waals surface area contributed by atoms with E-state index in [0.717, 1.165) is 4.90 Å². The summed E-state index contributed by atoms with van der Waals surface area (Å²) in [7, 11) is 0. The molecule has 1 aromatic heterocycles. The lowest BCUT2D eigenvalue weighted by molar-refractivity contribution is -0.183. The number of rotatable bonds is 6. The first-order valence-corrected chi connectivity index (χ1v) is 8.26. The van der Waals surface area contributed by atoms with Gasteiger partial charge in [-0.25, -0.2) is 0 Å². The number of hydrogen-bond donors (Lipinski definition) is 2. The zero-order valence-corrected chi connectivity index (χ0v) is 13.3. The topological polar surface area (TPSA) is 57.3 Å². The normalized spacial score (nSPS) is 17.7. The van der Waals surface area contributed by atoms with Crippen molar-refractivity contribution in [3.05, 3.63) is 24.5 Å². The molecule has 23 heavy (non-hydrogen) atoms. The molecule has 0 spiro atoms. The molecule has 1 saturated heterocycles. The lowest BCUT2D eigenvalue weighted by atomic mass is 10.2. The number of nitrogens with one attached hydrogen (secondary N) is 2. The first-order valence-electron chi connectivity index (χ1n) is 7.28. The first-order chi connectivity index (χ1) is 11.0. The molecule has 128 valence electrons. The van der Waals surface area contributed by atoms with Crippen LogP contribution in [0.15, 0.2) is 29.4 Å². The Kier molecular flexibility index (Phi) is 6.67. The van der Waals surface area contributed by atoms with Crippen LogP contribution in [0, 0.1) is 0 Å². The van der Waals surface area contributed by atoms with E-state index in [-0.39, 0.29) is 5.75 Å². The van der Waals surface area contributed by atoms with Crippen molar-refractivity contribution in [1.82, 2.24) is 20.5 Å². The number of pyridine rings is 1. The molecule has 5 nitrogen and oxygen atoms in total. The Bertz CT molecular complexity index is 495. The zero-order chi connectivity index (χ0) is 16.7. The quantitative estimate of drug-likeness (QED) is 0.755. The molecule has 1 aliphatic heterocycles. The molecule has 0 radical (unpaired) electrons. The van der Waals surface area contributed by atoms with Gasteiger partial charge in [0.15, 0.2) is 0 Å². The zero-order valence-electron chi connectivity index (χ0n) is 12.5.